The Morgan fingerprint density at radius 1 is 0.575 bits per heavy atom. The highest BCUT2D eigenvalue weighted by Gasteiger charge is 2.10. The minimum Gasteiger partial charge on any atom is -0.420 e. The maximum atomic E-state index is 12.6. The third-order valence-electron chi connectivity index (χ3n) is 7.63. The average Bonchev–Trinajstić information content (AvgIpc) is 2.99. The lowest BCUT2D eigenvalue weighted by atomic mass is 10.0. The van der Waals surface area contributed by atoms with Crippen LogP contribution in [0.25, 0.3) is 11.4 Å². The van der Waals surface area contributed by atoms with Crippen molar-refractivity contribution in [3.05, 3.63) is 77.6 Å². The van der Waals surface area contributed by atoms with E-state index in [1.54, 1.807) is 12.4 Å². The van der Waals surface area contributed by atoms with Gasteiger partial charge in [0.05, 0.1) is 18.0 Å². The lowest BCUT2D eigenvalue weighted by molar-refractivity contribution is 0.0733. The predicted molar refractivity (Wildman–Crippen MR) is 167 cm³/mol. The summed E-state index contributed by atoms with van der Waals surface area (Å²) in [5.41, 5.74) is 4.13. The van der Waals surface area contributed by atoms with Gasteiger partial charge in [0.1, 0.15) is 0 Å². The summed E-state index contributed by atoms with van der Waals surface area (Å²) in [6.45, 7) is 4.52. The molecule has 0 amide bonds. The van der Waals surface area contributed by atoms with Crippen molar-refractivity contribution in [1.82, 2.24) is 9.97 Å². The number of carbonyl (C=O) groups excluding carboxylic acids is 1. The van der Waals surface area contributed by atoms with Crippen molar-refractivity contribution in [2.45, 2.75) is 123 Å². The molecule has 0 radical (unpaired) electrons. The minimum atomic E-state index is -0.385. The maximum absolute atomic E-state index is 12.6. The van der Waals surface area contributed by atoms with E-state index in [0.29, 0.717) is 17.1 Å². The number of nitrogens with zero attached hydrogens (tertiary/aromatic N) is 2. The van der Waals surface area contributed by atoms with Crippen LogP contribution in [0.4, 0.5) is 0 Å². The van der Waals surface area contributed by atoms with E-state index in [2.05, 4.69) is 48.1 Å². The molecule has 4 nitrogen and oxygen atoms in total. The largest absolute Gasteiger partial charge is 0.420 e. The Hall–Kier alpha value is -3.01. The Bertz CT molecular complexity index is 1080. The lowest BCUT2D eigenvalue weighted by Crippen LogP contribution is -2.09. The van der Waals surface area contributed by atoms with Gasteiger partial charge in [-0.2, -0.15) is 0 Å². The summed E-state index contributed by atoms with van der Waals surface area (Å²) in [5, 5.41) is 0. The molecule has 0 atom stereocenters. The number of unbranched alkanes of at least 4 members (excludes halogenated alkanes) is 13. The summed E-state index contributed by atoms with van der Waals surface area (Å²) < 4.78 is 5.52. The monoisotopic (exact) mass is 542 g/mol. The van der Waals surface area contributed by atoms with Crippen LogP contribution in [0.1, 0.15) is 132 Å². The molecule has 40 heavy (non-hydrogen) atoms. The molecule has 0 aliphatic heterocycles. The number of aromatic nitrogens is 2. The molecule has 0 aliphatic carbocycles. The van der Waals surface area contributed by atoms with Crippen molar-refractivity contribution in [2.75, 3.05) is 0 Å². The van der Waals surface area contributed by atoms with Crippen molar-refractivity contribution in [1.29, 1.82) is 0 Å². The van der Waals surface area contributed by atoms with Crippen molar-refractivity contribution in [3.8, 4) is 17.1 Å². The summed E-state index contributed by atoms with van der Waals surface area (Å²) in [6.07, 6.45) is 25.1. The number of benzene rings is 2. The minimum absolute atomic E-state index is 0.354. The van der Waals surface area contributed by atoms with Gasteiger partial charge in [0.15, 0.2) is 11.6 Å². The van der Waals surface area contributed by atoms with Crippen molar-refractivity contribution in [2.24, 2.45) is 0 Å². The molecule has 1 heterocycles. The van der Waals surface area contributed by atoms with Gasteiger partial charge in [-0.25, -0.2) is 14.8 Å². The normalized spacial score (nSPS) is 11.1. The summed E-state index contributed by atoms with van der Waals surface area (Å²) in [4.78, 5) is 21.5. The van der Waals surface area contributed by atoms with Crippen LogP contribution in [0.15, 0.2) is 60.9 Å². The van der Waals surface area contributed by atoms with Crippen molar-refractivity contribution < 1.29 is 9.53 Å². The lowest BCUT2D eigenvalue weighted by Gasteiger charge is -2.07. The zero-order valence-corrected chi connectivity index (χ0v) is 25.0. The van der Waals surface area contributed by atoms with E-state index in [0.717, 1.165) is 18.4 Å². The second-order valence-corrected chi connectivity index (χ2v) is 11.1. The fourth-order valence-electron chi connectivity index (χ4n) is 5.06. The van der Waals surface area contributed by atoms with E-state index in [4.69, 9.17) is 4.74 Å². The van der Waals surface area contributed by atoms with Gasteiger partial charge in [-0.05, 0) is 48.9 Å². The number of esters is 1. The molecule has 216 valence electrons. The van der Waals surface area contributed by atoms with E-state index < -0.39 is 0 Å². The van der Waals surface area contributed by atoms with Gasteiger partial charge in [-0.1, -0.05) is 134 Å². The number of carbonyl (C=O) groups is 1. The molecule has 0 fully saturated rings. The molecule has 0 spiro atoms. The smallest absolute Gasteiger partial charge is 0.343 e. The van der Waals surface area contributed by atoms with E-state index >= 15 is 0 Å². The SMILES string of the molecule is CCCCCCCCCCc1ccc(-c2ncc(OC(=O)c3ccc(CCCCCCCCC)cc3)cn2)cc1. The molecular formula is C36H50N2O2. The molecule has 0 saturated carbocycles. The van der Waals surface area contributed by atoms with Gasteiger partial charge >= 0.3 is 5.97 Å². The fourth-order valence-corrected chi connectivity index (χ4v) is 5.06. The highest BCUT2D eigenvalue weighted by atomic mass is 16.5. The zero-order valence-electron chi connectivity index (χ0n) is 25.0. The van der Waals surface area contributed by atoms with Crippen molar-refractivity contribution in [3.63, 3.8) is 0 Å². The van der Waals surface area contributed by atoms with Crippen LogP contribution in [0.2, 0.25) is 0 Å². The fraction of sp³-hybridized carbons (Fsp3) is 0.528. The summed E-state index contributed by atoms with van der Waals surface area (Å²) >= 11 is 0. The molecule has 1 aromatic heterocycles. The van der Waals surface area contributed by atoms with E-state index in [-0.39, 0.29) is 5.97 Å². The molecule has 0 N–H and O–H groups in total. The molecule has 4 heteroatoms. The van der Waals surface area contributed by atoms with Gasteiger partial charge < -0.3 is 4.74 Å². The standard InChI is InChI=1S/C36H50N2O2/c1-3-5-7-9-11-13-15-17-18-30-20-24-32(25-21-30)35-37-28-34(29-38-35)40-36(39)33-26-22-31(23-27-33)19-16-14-12-10-8-6-4-2/h20-29H,3-19H2,1-2H3. The van der Waals surface area contributed by atoms with E-state index in [1.165, 1.54) is 107 Å². The second kappa shape index (κ2) is 19.1. The summed E-state index contributed by atoms with van der Waals surface area (Å²) in [7, 11) is 0. The number of hydrogen-bond acceptors (Lipinski definition) is 4. The van der Waals surface area contributed by atoms with E-state index in [1.807, 2.05) is 24.3 Å². The molecule has 3 aromatic rings. The zero-order chi connectivity index (χ0) is 28.3. The number of aryl methyl sites for hydroxylation is 2. The Morgan fingerprint density at radius 2 is 1.00 bits per heavy atom. The highest BCUT2D eigenvalue weighted by Crippen LogP contribution is 2.20. The Morgan fingerprint density at radius 3 is 1.48 bits per heavy atom. The first-order valence-electron chi connectivity index (χ1n) is 15.9. The van der Waals surface area contributed by atoms with Crippen LogP contribution < -0.4 is 4.74 Å². The third-order valence-corrected chi connectivity index (χ3v) is 7.63. The van der Waals surface area contributed by atoms with Crippen LogP contribution in [0.3, 0.4) is 0 Å². The van der Waals surface area contributed by atoms with Gasteiger partial charge in [0, 0.05) is 5.56 Å². The molecule has 0 saturated heterocycles. The van der Waals surface area contributed by atoms with Crippen LogP contribution in [0, 0.1) is 0 Å². The van der Waals surface area contributed by atoms with E-state index in [9.17, 15) is 4.79 Å². The molecule has 0 bridgehead atoms. The maximum Gasteiger partial charge on any atom is 0.343 e. The van der Waals surface area contributed by atoms with Gasteiger partial charge in [-0.3, -0.25) is 0 Å². The van der Waals surface area contributed by atoms with Gasteiger partial charge in [0.25, 0.3) is 0 Å². The Kier molecular flexibility index (Phi) is 15.1. The van der Waals surface area contributed by atoms with Crippen LogP contribution in [0.5, 0.6) is 5.75 Å². The number of hydrogen-bond donors (Lipinski definition) is 0. The molecule has 0 unspecified atom stereocenters. The summed E-state index contributed by atoms with van der Waals surface area (Å²) in [5.74, 6) is 0.601. The van der Waals surface area contributed by atoms with Gasteiger partial charge in [-0.15, -0.1) is 0 Å². The van der Waals surface area contributed by atoms with Crippen molar-refractivity contribution >= 4 is 5.97 Å². The molecule has 3 rings (SSSR count). The summed E-state index contributed by atoms with van der Waals surface area (Å²) in [6, 6.07) is 16.3. The molecule has 2 aromatic carbocycles. The number of ether oxygens (including phenoxy) is 1. The molecular weight excluding hydrogens is 492 g/mol. The first kappa shape index (κ1) is 31.5. The quantitative estimate of drug-likeness (QED) is 0.105. The first-order valence-corrected chi connectivity index (χ1v) is 15.9. The Balaban J connectivity index is 1.37. The molecule has 0 aliphatic rings. The second-order valence-electron chi connectivity index (χ2n) is 11.1. The Labute approximate surface area is 243 Å². The van der Waals surface area contributed by atoms with Gasteiger partial charge in [0.2, 0.25) is 0 Å². The topological polar surface area (TPSA) is 52.1 Å². The first-order chi connectivity index (χ1) is 19.7. The van der Waals surface area contributed by atoms with Crippen LogP contribution in [-0.2, 0) is 12.8 Å². The van der Waals surface area contributed by atoms with Crippen LogP contribution in [-0.4, -0.2) is 15.9 Å². The average molecular weight is 543 g/mol. The van der Waals surface area contributed by atoms with Crippen LogP contribution >= 0.6 is 0 Å². The highest BCUT2D eigenvalue weighted by molar-refractivity contribution is 5.91. The predicted octanol–water partition coefficient (Wildman–Crippen LogP) is 10.3. The third kappa shape index (κ3) is 12.0. The number of rotatable bonds is 20.